The van der Waals surface area contributed by atoms with E-state index < -0.39 is 6.04 Å². The van der Waals surface area contributed by atoms with Crippen LogP contribution in [-0.2, 0) is 14.3 Å². The molecule has 3 aliphatic heterocycles. The summed E-state index contributed by atoms with van der Waals surface area (Å²) in [6.07, 6.45) is 2.42. The van der Waals surface area contributed by atoms with Gasteiger partial charge in [-0.3, -0.25) is 14.4 Å². The van der Waals surface area contributed by atoms with Crippen LogP contribution in [0.15, 0.2) is 24.3 Å². The van der Waals surface area contributed by atoms with Gasteiger partial charge in [-0.1, -0.05) is 31.5 Å². The molecule has 1 aromatic carbocycles. The molecule has 0 saturated carbocycles. The Bertz CT molecular complexity index is 875. The van der Waals surface area contributed by atoms with E-state index in [0.717, 1.165) is 38.1 Å². The third-order valence-electron chi connectivity index (χ3n) is 7.19. The molecule has 3 heterocycles. The first-order valence-electron chi connectivity index (χ1n) is 12.6. The zero-order valence-electron chi connectivity index (χ0n) is 20.7. The van der Waals surface area contributed by atoms with E-state index in [2.05, 4.69) is 5.32 Å². The quantitative estimate of drug-likeness (QED) is 0.684. The second-order valence-electron chi connectivity index (χ2n) is 10.1. The molecule has 0 bridgehead atoms. The monoisotopic (exact) mass is 470 g/mol. The number of likely N-dealkylation sites (tertiary alicyclic amines) is 1. The lowest BCUT2D eigenvalue weighted by Crippen LogP contribution is -2.53. The second kappa shape index (κ2) is 10.9. The lowest BCUT2D eigenvalue weighted by Gasteiger charge is -2.32. The van der Waals surface area contributed by atoms with Gasteiger partial charge in [0.25, 0.3) is 5.91 Å². The number of piperazine rings is 1. The zero-order chi connectivity index (χ0) is 24.2. The molecule has 3 amide bonds. The number of nitrogens with zero attached hydrogens (tertiary/aromatic N) is 3. The first-order valence-corrected chi connectivity index (χ1v) is 12.6. The van der Waals surface area contributed by atoms with E-state index in [1.807, 2.05) is 54.8 Å². The summed E-state index contributed by atoms with van der Waals surface area (Å²) in [5.41, 5.74) is 1.65. The van der Waals surface area contributed by atoms with Crippen LogP contribution in [0.25, 0.3) is 0 Å². The van der Waals surface area contributed by atoms with Gasteiger partial charge in [-0.05, 0) is 38.3 Å². The van der Waals surface area contributed by atoms with Crippen LogP contribution >= 0.6 is 0 Å². The highest BCUT2D eigenvalue weighted by atomic mass is 16.5. The van der Waals surface area contributed by atoms with Gasteiger partial charge in [-0.15, -0.1) is 0 Å². The van der Waals surface area contributed by atoms with E-state index >= 15 is 0 Å². The second-order valence-corrected chi connectivity index (χ2v) is 10.1. The maximum absolute atomic E-state index is 13.6. The van der Waals surface area contributed by atoms with Crippen molar-refractivity contribution in [1.29, 1.82) is 0 Å². The molecule has 3 saturated heterocycles. The first kappa shape index (κ1) is 24.7. The van der Waals surface area contributed by atoms with Gasteiger partial charge in [0.15, 0.2) is 0 Å². The minimum absolute atomic E-state index is 0.0153. The molecule has 1 N–H and O–H groups in total. The molecule has 3 atom stereocenters. The van der Waals surface area contributed by atoms with Crippen molar-refractivity contribution in [2.75, 3.05) is 45.9 Å². The molecule has 1 aromatic rings. The highest BCUT2D eigenvalue weighted by molar-refractivity contribution is 5.98. The van der Waals surface area contributed by atoms with E-state index in [0.29, 0.717) is 38.2 Å². The van der Waals surface area contributed by atoms with Crippen molar-refractivity contribution in [2.24, 2.45) is 5.92 Å². The van der Waals surface area contributed by atoms with Crippen molar-refractivity contribution >= 4 is 17.7 Å². The summed E-state index contributed by atoms with van der Waals surface area (Å²) in [6, 6.07) is 6.70. The van der Waals surface area contributed by atoms with Crippen molar-refractivity contribution in [3.8, 4) is 0 Å². The molecule has 8 heteroatoms. The molecule has 0 radical (unpaired) electrons. The molecule has 4 rings (SSSR count). The topological polar surface area (TPSA) is 82.2 Å². The van der Waals surface area contributed by atoms with Gasteiger partial charge in [0.2, 0.25) is 11.8 Å². The van der Waals surface area contributed by atoms with Crippen LogP contribution in [0.4, 0.5) is 0 Å². The summed E-state index contributed by atoms with van der Waals surface area (Å²) in [5, 5.41) is 3.28. The number of benzene rings is 1. The average molecular weight is 471 g/mol. The summed E-state index contributed by atoms with van der Waals surface area (Å²) in [7, 11) is 0. The molecule has 3 unspecified atom stereocenters. The molecule has 0 spiro atoms. The Hall–Kier alpha value is -2.45. The van der Waals surface area contributed by atoms with Crippen LogP contribution in [0.1, 0.15) is 49.0 Å². The first-order chi connectivity index (χ1) is 16.3. The number of ether oxygens (including phenoxy) is 1. The molecule has 0 aliphatic carbocycles. The van der Waals surface area contributed by atoms with Crippen LogP contribution in [0.5, 0.6) is 0 Å². The number of nitrogens with one attached hydrogen (secondary N) is 1. The lowest BCUT2D eigenvalue weighted by atomic mass is 10.1. The van der Waals surface area contributed by atoms with Gasteiger partial charge in [-0.2, -0.15) is 0 Å². The fourth-order valence-electron chi connectivity index (χ4n) is 5.21. The van der Waals surface area contributed by atoms with Gasteiger partial charge in [0, 0.05) is 57.4 Å². The molecule has 8 nitrogen and oxygen atoms in total. The Kier molecular flexibility index (Phi) is 7.88. The lowest BCUT2D eigenvalue weighted by molar-refractivity contribution is -0.139. The summed E-state index contributed by atoms with van der Waals surface area (Å²) in [5.74, 6) is -0.271. The standard InChI is InChI=1S/C26H38N4O4/c1-18(2)24(31)29(17-22-5-4-14-34-22)21-15-23(26(33)28-12-10-27-11-13-28)30(16-21)25(32)20-8-6-19(3)7-9-20/h6-9,18,21-23,27H,4-5,10-17H2,1-3H3. The number of hydrogen-bond donors (Lipinski definition) is 1. The molecular weight excluding hydrogens is 432 g/mol. The van der Waals surface area contributed by atoms with Crippen molar-refractivity contribution in [1.82, 2.24) is 20.0 Å². The van der Waals surface area contributed by atoms with Crippen LogP contribution < -0.4 is 5.32 Å². The number of aryl methyl sites for hydroxylation is 1. The Labute approximate surface area is 202 Å². The Morgan fingerprint density at radius 2 is 1.85 bits per heavy atom. The van der Waals surface area contributed by atoms with Gasteiger partial charge >= 0.3 is 0 Å². The highest BCUT2D eigenvalue weighted by Gasteiger charge is 2.45. The largest absolute Gasteiger partial charge is 0.376 e. The molecule has 3 aliphatic rings. The smallest absolute Gasteiger partial charge is 0.254 e. The maximum atomic E-state index is 13.6. The third-order valence-corrected chi connectivity index (χ3v) is 7.19. The van der Waals surface area contributed by atoms with Crippen molar-refractivity contribution in [2.45, 2.75) is 58.2 Å². The fourth-order valence-corrected chi connectivity index (χ4v) is 5.21. The van der Waals surface area contributed by atoms with E-state index in [4.69, 9.17) is 4.74 Å². The normalized spacial score (nSPS) is 25.1. The summed E-state index contributed by atoms with van der Waals surface area (Å²) < 4.78 is 5.84. The predicted octanol–water partition coefficient (Wildman–Crippen LogP) is 1.67. The van der Waals surface area contributed by atoms with E-state index in [1.165, 1.54) is 0 Å². The SMILES string of the molecule is Cc1ccc(C(=O)N2CC(N(CC3CCCO3)C(=O)C(C)C)CC2C(=O)N2CCNCC2)cc1. The summed E-state index contributed by atoms with van der Waals surface area (Å²) in [4.78, 5) is 45.9. The minimum Gasteiger partial charge on any atom is -0.376 e. The van der Waals surface area contributed by atoms with Gasteiger partial charge in [0.1, 0.15) is 6.04 Å². The Balaban J connectivity index is 1.60. The number of amides is 3. The minimum atomic E-state index is -0.566. The van der Waals surface area contributed by atoms with Crippen molar-refractivity contribution < 1.29 is 19.1 Å². The Morgan fingerprint density at radius 1 is 1.15 bits per heavy atom. The van der Waals surface area contributed by atoms with Gasteiger partial charge in [0.05, 0.1) is 12.1 Å². The van der Waals surface area contributed by atoms with Crippen LogP contribution in [0, 0.1) is 12.8 Å². The van der Waals surface area contributed by atoms with E-state index in [-0.39, 0.29) is 35.8 Å². The molecule has 186 valence electrons. The molecule has 0 aromatic heterocycles. The number of rotatable bonds is 6. The van der Waals surface area contributed by atoms with Gasteiger partial charge < -0.3 is 24.8 Å². The molecule has 34 heavy (non-hydrogen) atoms. The van der Waals surface area contributed by atoms with Crippen LogP contribution in [0.3, 0.4) is 0 Å². The van der Waals surface area contributed by atoms with Crippen molar-refractivity contribution in [3.05, 3.63) is 35.4 Å². The number of carbonyl (C=O) groups is 3. The average Bonchev–Trinajstić information content (AvgIpc) is 3.52. The maximum Gasteiger partial charge on any atom is 0.254 e. The summed E-state index contributed by atoms with van der Waals surface area (Å²) in [6.45, 7) is 10.2. The van der Waals surface area contributed by atoms with Crippen molar-refractivity contribution in [3.63, 3.8) is 0 Å². The van der Waals surface area contributed by atoms with E-state index in [1.54, 1.807) is 4.90 Å². The zero-order valence-corrected chi connectivity index (χ0v) is 20.7. The fraction of sp³-hybridized carbons (Fsp3) is 0.654. The summed E-state index contributed by atoms with van der Waals surface area (Å²) >= 11 is 0. The molecule has 3 fully saturated rings. The number of hydrogen-bond acceptors (Lipinski definition) is 5. The third kappa shape index (κ3) is 5.44. The number of carbonyl (C=O) groups excluding carboxylic acids is 3. The van der Waals surface area contributed by atoms with E-state index in [9.17, 15) is 14.4 Å². The highest BCUT2D eigenvalue weighted by Crippen LogP contribution is 2.28. The van der Waals surface area contributed by atoms with Crippen LogP contribution in [-0.4, -0.2) is 96.5 Å². The molecular formula is C26H38N4O4. The van der Waals surface area contributed by atoms with Gasteiger partial charge in [-0.25, -0.2) is 0 Å². The predicted molar refractivity (Wildman–Crippen MR) is 129 cm³/mol. The Morgan fingerprint density at radius 3 is 2.47 bits per heavy atom. The van der Waals surface area contributed by atoms with Crippen LogP contribution in [0.2, 0.25) is 0 Å².